The van der Waals surface area contributed by atoms with Crippen LogP contribution < -0.4 is 5.53 Å². The molecule has 1 heterocycles. The summed E-state index contributed by atoms with van der Waals surface area (Å²) in [6.07, 6.45) is 0.910. The van der Waals surface area contributed by atoms with Crippen molar-refractivity contribution in [2.24, 2.45) is 10.2 Å². The van der Waals surface area contributed by atoms with Crippen molar-refractivity contribution < 1.29 is 0 Å². The van der Waals surface area contributed by atoms with Gasteiger partial charge in [0.25, 0.3) is 0 Å². The Morgan fingerprint density at radius 2 is 1.75 bits per heavy atom. The standard InChI is InChI=1S/C5H9N3/c1-4-3-5(2)7-8-6-4/h8H,3H2,1-2H3. The van der Waals surface area contributed by atoms with E-state index in [1.165, 1.54) is 0 Å². The number of nitrogens with one attached hydrogen (secondary N) is 1. The summed E-state index contributed by atoms with van der Waals surface area (Å²) in [5, 5.41) is 7.72. The molecule has 0 aromatic rings. The lowest BCUT2D eigenvalue weighted by Gasteiger charge is -2.04. The Kier molecular flexibility index (Phi) is 1.28. The fourth-order valence-corrected chi connectivity index (χ4v) is 0.645. The Labute approximate surface area is 48.5 Å². The molecule has 0 aromatic carbocycles. The molecule has 1 aliphatic rings. The molecule has 44 valence electrons. The molecule has 1 N–H and O–H groups in total. The van der Waals surface area contributed by atoms with Gasteiger partial charge in [-0.25, -0.2) is 0 Å². The maximum Gasteiger partial charge on any atom is 0.0425 e. The lowest BCUT2D eigenvalue weighted by molar-refractivity contribution is 0.786. The van der Waals surface area contributed by atoms with Gasteiger partial charge in [-0.05, 0) is 13.8 Å². The highest BCUT2D eigenvalue weighted by molar-refractivity contribution is 6.02. The second-order valence-electron chi connectivity index (χ2n) is 1.97. The minimum absolute atomic E-state index is 0.910. The van der Waals surface area contributed by atoms with Gasteiger partial charge < -0.3 is 0 Å². The van der Waals surface area contributed by atoms with Crippen LogP contribution in [0.25, 0.3) is 0 Å². The molecule has 1 rings (SSSR count). The van der Waals surface area contributed by atoms with Crippen LogP contribution in [0.2, 0.25) is 0 Å². The molecule has 0 radical (unpaired) electrons. The quantitative estimate of drug-likeness (QED) is 0.491. The first kappa shape index (κ1) is 5.28. The molecule has 0 bridgehead atoms. The minimum Gasteiger partial charge on any atom is -0.198 e. The summed E-state index contributed by atoms with van der Waals surface area (Å²) >= 11 is 0. The molecule has 3 heteroatoms. The van der Waals surface area contributed by atoms with E-state index in [2.05, 4.69) is 15.7 Å². The highest BCUT2D eigenvalue weighted by Crippen LogP contribution is 1.93. The summed E-state index contributed by atoms with van der Waals surface area (Å²) in [6, 6.07) is 0. The van der Waals surface area contributed by atoms with Crippen molar-refractivity contribution in [1.82, 2.24) is 5.53 Å². The molecule has 0 fully saturated rings. The van der Waals surface area contributed by atoms with Crippen LogP contribution in [0.4, 0.5) is 0 Å². The normalized spacial score (nSPS) is 18.8. The molecule has 0 saturated heterocycles. The predicted molar refractivity (Wildman–Crippen MR) is 34.0 cm³/mol. The van der Waals surface area contributed by atoms with Gasteiger partial charge >= 0.3 is 0 Å². The van der Waals surface area contributed by atoms with E-state index in [-0.39, 0.29) is 0 Å². The topological polar surface area (TPSA) is 36.8 Å². The third kappa shape index (κ3) is 1.05. The molecular weight excluding hydrogens is 102 g/mol. The van der Waals surface area contributed by atoms with Gasteiger partial charge in [0.1, 0.15) is 0 Å². The minimum atomic E-state index is 0.910. The molecular formula is C5H9N3. The van der Waals surface area contributed by atoms with Gasteiger partial charge in [0.05, 0.1) is 0 Å². The Morgan fingerprint density at radius 1 is 1.25 bits per heavy atom. The molecule has 1 aliphatic heterocycles. The smallest absolute Gasteiger partial charge is 0.0425 e. The van der Waals surface area contributed by atoms with E-state index in [4.69, 9.17) is 0 Å². The van der Waals surface area contributed by atoms with E-state index < -0.39 is 0 Å². The molecule has 0 saturated carbocycles. The van der Waals surface area contributed by atoms with Gasteiger partial charge in [-0.2, -0.15) is 15.7 Å². The number of nitrogens with zero attached hydrogens (tertiary/aromatic N) is 2. The van der Waals surface area contributed by atoms with Crippen molar-refractivity contribution in [3.8, 4) is 0 Å². The Morgan fingerprint density at radius 3 is 2.00 bits per heavy atom. The van der Waals surface area contributed by atoms with Gasteiger partial charge in [-0.15, -0.1) is 0 Å². The van der Waals surface area contributed by atoms with Crippen molar-refractivity contribution in [3.63, 3.8) is 0 Å². The van der Waals surface area contributed by atoms with Gasteiger partial charge in [0.2, 0.25) is 0 Å². The van der Waals surface area contributed by atoms with E-state index >= 15 is 0 Å². The zero-order chi connectivity index (χ0) is 5.98. The van der Waals surface area contributed by atoms with Crippen LogP contribution in [0.1, 0.15) is 20.3 Å². The average Bonchev–Trinajstić information content (AvgIpc) is 1.64. The van der Waals surface area contributed by atoms with Gasteiger partial charge in [-0.3, -0.25) is 0 Å². The molecule has 0 atom stereocenters. The summed E-state index contributed by atoms with van der Waals surface area (Å²) in [5.41, 5.74) is 4.75. The summed E-state index contributed by atoms with van der Waals surface area (Å²) in [6.45, 7) is 3.95. The number of hydrazone groups is 2. The van der Waals surface area contributed by atoms with E-state index in [9.17, 15) is 0 Å². The maximum absolute atomic E-state index is 3.86. The van der Waals surface area contributed by atoms with Crippen LogP contribution in [0, 0.1) is 0 Å². The highest BCUT2D eigenvalue weighted by Gasteiger charge is 1.98. The SMILES string of the molecule is CC1=NNN=C(C)C1. The summed E-state index contributed by atoms with van der Waals surface area (Å²) in [7, 11) is 0. The summed E-state index contributed by atoms with van der Waals surface area (Å²) in [4.78, 5) is 0. The van der Waals surface area contributed by atoms with E-state index in [1.54, 1.807) is 0 Å². The van der Waals surface area contributed by atoms with Crippen LogP contribution in [-0.2, 0) is 0 Å². The third-order valence-electron chi connectivity index (χ3n) is 0.993. The molecule has 8 heavy (non-hydrogen) atoms. The van der Waals surface area contributed by atoms with Crippen molar-refractivity contribution in [2.75, 3.05) is 0 Å². The molecule has 0 aromatic heterocycles. The summed E-state index contributed by atoms with van der Waals surface area (Å²) < 4.78 is 0. The fraction of sp³-hybridized carbons (Fsp3) is 0.600. The first-order valence-corrected chi connectivity index (χ1v) is 2.60. The monoisotopic (exact) mass is 111 g/mol. The Bertz CT molecular complexity index is 130. The zero-order valence-corrected chi connectivity index (χ0v) is 5.10. The maximum atomic E-state index is 3.86. The fourth-order valence-electron chi connectivity index (χ4n) is 0.645. The van der Waals surface area contributed by atoms with Gasteiger partial charge in [0.15, 0.2) is 0 Å². The van der Waals surface area contributed by atoms with Crippen LogP contribution in [0.15, 0.2) is 10.2 Å². The molecule has 0 unspecified atom stereocenters. The highest BCUT2D eigenvalue weighted by atomic mass is 15.5. The third-order valence-corrected chi connectivity index (χ3v) is 0.993. The van der Waals surface area contributed by atoms with Gasteiger partial charge in [0, 0.05) is 17.8 Å². The largest absolute Gasteiger partial charge is 0.198 e. The molecule has 0 spiro atoms. The van der Waals surface area contributed by atoms with E-state index in [0.717, 1.165) is 17.8 Å². The predicted octanol–water partition coefficient (Wildman–Crippen LogP) is 0.732. The molecule has 3 nitrogen and oxygen atoms in total. The van der Waals surface area contributed by atoms with E-state index in [0.29, 0.717) is 0 Å². The number of hydrogen-bond acceptors (Lipinski definition) is 3. The van der Waals surface area contributed by atoms with Crippen molar-refractivity contribution in [1.29, 1.82) is 0 Å². The number of hydrogen-bond donors (Lipinski definition) is 1. The van der Waals surface area contributed by atoms with E-state index in [1.807, 2.05) is 13.8 Å². The number of rotatable bonds is 0. The Balaban J connectivity index is 2.57. The zero-order valence-electron chi connectivity index (χ0n) is 5.10. The second-order valence-corrected chi connectivity index (χ2v) is 1.97. The second kappa shape index (κ2) is 1.94. The first-order chi connectivity index (χ1) is 3.79. The van der Waals surface area contributed by atoms with Crippen LogP contribution in [0.5, 0.6) is 0 Å². The van der Waals surface area contributed by atoms with Crippen LogP contribution in [0.3, 0.4) is 0 Å². The lowest BCUT2D eigenvalue weighted by atomic mass is 10.2. The van der Waals surface area contributed by atoms with Crippen molar-refractivity contribution in [2.45, 2.75) is 20.3 Å². The van der Waals surface area contributed by atoms with Crippen molar-refractivity contribution in [3.05, 3.63) is 0 Å². The summed E-state index contributed by atoms with van der Waals surface area (Å²) in [5.74, 6) is 0. The Hall–Kier alpha value is -0.860. The molecule has 0 aliphatic carbocycles. The van der Waals surface area contributed by atoms with Gasteiger partial charge in [-0.1, -0.05) is 0 Å². The van der Waals surface area contributed by atoms with Crippen LogP contribution >= 0.6 is 0 Å². The lowest BCUT2D eigenvalue weighted by Crippen LogP contribution is -2.14. The van der Waals surface area contributed by atoms with Crippen LogP contribution in [-0.4, -0.2) is 11.4 Å². The first-order valence-electron chi connectivity index (χ1n) is 2.60. The average molecular weight is 111 g/mol. The molecule has 0 amide bonds. The van der Waals surface area contributed by atoms with Crippen molar-refractivity contribution >= 4 is 11.4 Å².